The summed E-state index contributed by atoms with van der Waals surface area (Å²) in [5.41, 5.74) is 2.12. The fourth-order valence-corrected chi connectivity index (χ4v) is 3.96. The Labute approximate surface area is 167 Å². The van der Waals surface area contributed by atoms with Crippen LogP contribution in [0.1, 0.15) is 17.5 Å². The van der Waals surface area contributed by atoms with E-state index in [0.717, 1.165) is 36.5 Å². The van der Waals surface area contributed by atoms with Crippen LogP contribution in [0.2, 0.25) is 0 Å². The standard InChI is InChI=1S/C19H21N7OS/c1-13-4-2-5-14(10-13)11-17(27)22-19-25-24-18(28-19)21-15-7-9-26(12-15)16-6-3-8-20-23-16/h2-6,8,10,15H,7,9,11-12H2,1H3,(H,21,24)(H,22,25,27). The number of rotatable bonds is 6. The van der Waals surface area contributed by atoms with Crippen molar-refractivity contribution < 1.29 is 4.79 Å². The van der Waals surface area contributed by atoms with Crippen molar-refractivity contribution in [2.45, 2.75) is 25.8 Å². The molecule has 1 aromatic carbocycles. The van der Waals surface area contributed by atoms with Crippen molar-refractivity contribution in [3.8, 4) is 0 Å². The Hall–Kier alpha value is -3.07. The van der Waals surface area contributed by atoms with Crippen LogP contribution in [-0.2, 0) is 11.2 Å². The molecule has 2 N–H and O–H groups in total. The summed E-state index contributed by atoms with van der Waals surface area (Å²) in [4.78, 5) is 14.4. The molecule has 1 aliphatic rings. The van der Waals surface area contributed by atoms with Gasteiger partial charge in [0.2, 0.25) is 16.2 Å². The van der Waals surface area contributed by atoms with E-state index in [9.17, 15) is 4.79 Å². The molecule has 8 nitrogen and oxygen atoms in total. The van der Waals surface area contributed by atoms with Gasteiger partial charge >= 0.3 is 0 Å². The first-order valence-electron chi connectivity index (χ1n) is 9.14. The highest BCUT2D eigenvalue weighted by Gasteiger charge is 2.24. The summed E-state index contributed by atoms with van der Waals surface area (Å²) in [7, 11) is 0. The third-order valence-electron chi connectivity index (χ3n) is 4.52. The molecular formula is C19H21N7OS. The zero-order valence-corrected chi connectivity index (χ0v) is 16.3. The van der Waals surface area contributed by atoms with Crippen LogP contribution in [0.25, 0.3) is 0 Å². The van der Waals surface area contributed by atoms with Gasteiger partial charge in [-0.15, -0.1) is 15.3 Å². The summed E-state index contributed by atoms with van der Waals surface area (Å²) >= 11 is 1.35. The molecule has 3 aromatic rings. The number of nitrogens with one attached hydrogen (secondary N) is 2. The lowest BCUT2D eigenvalue weighted by Gasteiger charge is -2.16. The van der Waals surface area contributed by atoms with Crippen LogP contribution in [0.4, 0.5) is 16.1 Å². The van der Waals surface area contributed by atoms with Gasteiger partial charge in [-0.25, -0.2) is 0 Å². The van der Waals surface area contributed by atoms with Crippen molar-refractivity contribution in [1.29, 1.82) is 0 Å². The highest BCUT2D eigenvalue weighted by Crippen LogP contribution is 2.24. The molecule has 9 heteroatoms. The summed E-state index contributed by atoms with van der Waals surface area (Å²) in [5, 5.41) is 23.7. The maximum Gasteiger partial charge on any atom is 0.230 e. The quantitative estimate of drug-likeness (QED) is 0.662. The first kappa shape index (κ1) is 18.3. The number of aryl methyl sites for hydroxylation is 1. The lowest BCUT2D eigenvalue weighted by atomic mass is 10.1. The van der Waals surface area contributed by atoms with Crippen molar-refractivity contribution in [3.63, 3.8) is 0 Å². The monoisotopic (exact) mass is 395 g/mol. The Kier molecular flexibility index (Phi) is 5.43. The largest absolute Gasteiger partial charge is 0.355 e. The highest BCUT2D eigenvalue weighted by atomic mass is 32.1. The molecule has 0 radical (unpaired) electrons. The Morgan fingerprint density at radius 3 is 2.93 bits per heavy atom. The minimum Gasteiger partial charge on any atom is -0.355 e. The summed E-state index contributed by atoms with van der Waals surface area (Å²) in [6.07, 6.45) is 2.97. The average molecular weight is 395 g/mol. The van der Waals surface area contributed by atoms with Gasteiger partial charge in [0.05, 0.1) is 6.42 Å². The van der Waals surface area contributed by atoms with Gasteiger partial charge in [0.1, 0.15) is 0 Å². The summed E-state index contributed by atoms with van der Waals surface area (Å²) in [6, 6.07) is 12.0. The first-order chi connectivity index (χ1) is 13.7. The zero-order valence-electron chi connectivity index (χ0n) is 15.5. The first-order valence-corrected chi connectivity index (χ1v) is 9.95. The van der Waals surface area contributed by atoms with E-state index in [1.807, 2.05) is 43.3 Å². The maximum absolute atomic E-state index is 12.2. The predicted octanol–water partition coefficient (Wildman–Crippen LogP) is 2.51. The Balaban J connectivity index is 1.29. The molecule has 4 rings (SSSR count). The third-order valence-corrected chi connectivity index (χ3v) is 5.29. The molecule has 0 saturated carbocycles. The third kappa shape index (κ3) is 4.61. The minimum atomic E-state index is -0.0945. The number of amides is 1. The molecule has 1 atom stereocenters. The van der Waals surface area contributed by atoms with E-state index in [4.69, 9.17) is 0 Å². The number of anilines is 3. The molecule has 0 bridgehead atoms. The van der Waals surface area contributed by atoms with Crippen LogP contribution in [0.3, 0.4) is 0 Å². The second kappa shape index (κ2) is 8.30. The predicted molar refractivity (Wildman–Crippen MR) is 110 cm³/mol. The van der Waals surface area contributed by atoms with Crippen molar-refractivity contribution in [1.82, 2.24) is 20.4 Å². The summed E-state index contributed by atoms with van der Waals surface area (Å²) in [6.45, 7) is 3.75. The smallest absolute Gasteiger partial charge is 0.230 e. The van der Waals surface area contributed by atoms with Gasteiger partial charge in [-0.05, 0) is 31.0 Å². The lowest BCUT2D eigenvalue weighted by molar-refractivity contribution is -0.115. The molecular weight excluding hydrogens is 374 g/mol. The van der Waals surface area contributed by atoms with Crippen molar-refractivity contribution in [2.24, 2.45) is 0 Å². The maximum atomic E-state index is 12.2. The molecule has 1 amide bonds. The van der Waals surface area contributed by atoms with E-state index in [1.54, 1.807) is 6.20 Å². The molecule has 3 heterocycles. The lowest BCUT2D eigenvalue weighted by Crippen LogP contribution is -2.26. The number of benzene rings is 1. The molecule has 1 fully saturated rings. The summed E-state index contributed by atoms with van der Waals surface area (Å²) in [5.74, 6) is 0.788. The van der Waals surface area contributed by atoms with E-state index in [2.05, 4.69) is 35.9 Å². The van der Waals surface area contributed by atoms with E-state index in [1.165, 1.54) is 11.3 Å². The number of carbonyl (C=O) groups excluding carboxylic acids is 1. The van der Waals surface area contributed by atoms with Gasteiger partial charge in [0.25, 0.3) is 0 Å². The highest BCUT2D eigenvalue weighted by molar-refractivity contribution is 7.19. The molecule has 2 aromatic heterocycles. The number of hydrogen-bond acceptors (Lipinski definition) is 8. The van der Waals surface area contributed by atoms with Gasteiger partial charge in [0.15, 0.2) is 5.82 Å². The van der Waals surface area contributed by atoms with Gasteiger partial charge in [0, 0.05) is 25.3 Å². The van der Waals surface area contributed by atoms with Crippen LogP contribution < -0.4 is 15.5 Å². The van der Waals surface area contributed by atoms with Crippen LogP contribution in [0.15, 0.2) is 42.6 Å². The Morgan fingerprint density at radius 1 is 1.21 bits per heavy atom. The minimum absolute atomic E-state index is 0.0945. The number of hydrogen-bond donors (Lipinski definition) is 2. The molecule has 0 aliphatic carbocycles. The fourth-order valence-electron chi connectivity index (χ4n) is 3.23. The van der Waals surface area contributed by atoms with Crippen LogP contribution >= 0.6 is 11.3 Å². The Morgan fingerprint density at radius 2 is 2.11 bits per heavy atom. The van der Waals surface area contributed by atoms with Crippen LogP contribution in [0, 0.1) is 6.92 Å². The van der Waals surface area contributed by atoms with Gasteiger partial charge in [-0.2, -0.15) is 5.10 Å². The summed E-state index contributed by atoms with van der Waals surface area (Å²) < 4.78 is 0. The van der Waals surface area contributed by atoms with E-state index < -0.39 is 0 Å². The topological polar surface area (TPSA) is 95.9 Å². The van der Waals surface area contributed by atoms with Gasteiger partial charge < -0.3 is 15.5 Å². The Bertz CT molecular complexity index is 946. The van der Waals surface area contributed by atoms with E-state index in [-0.39, 0.29) is 11.9 Å². The number of carbonyl (C=O) groups is 1. The molecule has 0 spiro atoms. The molecule has 144 valence electrons. The van der Waals surface area contributed by atoms with Crippen molar-refractivity contribution in [2.75, 3.05) is 28.6 Å². The van der Waals surface area contributed by atoms with Gasteiger partial charge in [-0.3, -0.25) is 4.79 Å². The second-order valence-electron chi connectivity index (χ2n) is 6.78. The molecule has 1 unspecified atom stereocenters. The molecule has 1 saturated heterocycles. The second-order valence-corrected chi connectivity index (χ2v) is 7.76. The average Bonchev–Trinajstić information content (AvgIpc) is 3.32. The van der Waals surface area contributed by atoms with E-state index >= 15 is 0 Å². The normalized spacial score (nSPS) is 16.2. The van der Waals surface area contributed by atoms with Crippen molar-refractivity contribution >= 4 is 33.3 Å². The number of nitrogens with zero attached hydrogens (tertiary/aromatic N) is 5. The van der Waals surface area contributed by atoms with Crippen LogP contribution in [0.5, 0.6) is 0 Å². The van der Waals surface area contributed by atoms with Crippen molar-refractivity contribution in [3.05, 3.63) is 53.7 Å². The van der Waals surface area contributed by atoms with Gasteiger partial charge in [-0.1, -0.05) is 41.2 Å². The zero-order chi connectivity index (χ0) is 19.3. The molecule has 28 heavy (non-hydrogen) atoms. The fraction of sp³-hybridized carbons (Fsp3) is 0.316. The van der Waals surface area contributed by atoms with E-state index in [0.29, 0.717) is 16.7 Å². The number of aromatic nitrogens is 4. The SMILES string of the molecule is Cc1cccc(CC(=O)Nc2nnc(NC3CCN(c4cccnn4)C3)s2)c1. The van der Waals surface area contributed by atoms with Crippen LogP contribution in [-0.4, -0.2) is 45.4 Å². The molecule has 1 aliphatic heterocycles.